The van der Waals surface area contributed by atoms with E-state index >= 15 is 0 Å². The molecule has 0 N–H and O–H groups in total. The predicted molar refractivity (Wildman–Crippen MR) is 182 cm³/mol. The van der Waals surface area contributed by atoms with Crippen LogP contribution < -0.4 is 0 Å². The average molecular weight is 550 g/mol. The topological polar surface area (TPSA) is 4.93 Å². The molecule has 1 heteroatoms. The van der Waals surface area contributed by atoms with E-state index in [4.69, 9.17) is 0 Å². The number of nitrogens with zero attached hydrogens (tertiary/aromatic N) is 1. The molecule has 0 spiro atoms. The Kier molecular flexibility index (Phi) is 5.52. The summed E-state index contributed by atoms with van der Waals surface area (Å²) in [6.45, 7) is 0. The van der Waals surface area contributed by atoms with Gasteiger partial charge in [-0.2, -0.15) is 0 Å². The fraction of sp³-hybridized carbons (Fsp3) is 0.0952. The molecular weight excluding hydrogens is 518 g/mol. The minimum absolute atomic E-state index is 0.416. The molecule has 7 aromatic carbocycles. The maximum absolute atomic E-state index is 2.46. The van der Waals surface area contributed by atoms with Crippen LogP contribution in [0.25, 0.3) is 60.2 Å². The Balaban J connectivity index is 1.24. The van der Waals surface area contributed by atoms with Gasteiger partial charge < -0.3 is 4.57 Å². The second kappa shape index (κ2) is 9.71. The van der Waals surface area contributed by atoms with Gasteiger partial charge in [-0.3, -0.25) is 0 Å². The number of benzene rings is 7. The lowest BCUT2D eigenvalue weighted by molar-refractivity contribution is 0.633. The van der Waals surface area contributed by atoms with Gasteiger partial charge in [0.15, 0.2) is 0 Å². The maximum Gasteiger partial charge on any atom is 0.0543 e. The molecule has 0 amide bonds. The first-order valence-corrected chi connectivity index (χ1v) is 15.4. The van der Waals surface area contributed by atoms with Crippen molar-refractivity contribution in [1.82, 2.24) is 4.57 Å². The molecule has 0 saturated carbocycles. The van der Waals surface area contributed by atoms with Gasteiger partial charge in [-0.15, -0.1) is 0 Å². The third-order valence-corrected chi connectivity index (χ3v) is 9.66. The average Bonchev–Trinajstić information content (AvgIpc) is 3.30. The van der Waals surface area contributed by atoms with Crippen LogP contribution in [0.1, 0.15) is 29.0 Å². The number of aryl methyl sites for hydroxylation is 1. The molecule has 0 radical (unpaired) electrons. The molecule has 8 aromatic rings. The molecule has 1 heterocycles. The zero-order valence-electron chi connectivity index (χ0n) is 24.0. The Morgan fingerprint density at radius 1 is 0.535 bits per heavy atom. The summed E-state index contributed by atoms with van der Waals surface area (Å²) in [5.41, 5.74) is 11.0. The largest absolute Gasteiger partial charge is 0.309 e. The third-order valence-electron chi connectivity index (χ3n) is 9.66. The summed E-state index contributed by atoms with van der Waals surface area (Å²) < 4.78 is 2.44. The van der Waals surface area contributed by atoms with Crippen molar-refractivity contribution in [2.24, 2.45) is 0 Å². The lowest BCUT2D eigenvalue weighted by atomic mass is 9.82. The van der Waals surface area contributed by atoms with Gasteiger partial charge in [0, 0.05) is 16.5 Å². The normalized spacial score (nSPS) is 14.7. The summed E-state index contributed by atoms with van der Waals surface area (Å²) in [4.78, 5) is 0. The summed E-state index contributed by atoms with van der Waals surface area (Å²) in [6.07, 6.45) is 3.23. The van der Waals surface area contributed by atoms with Gasteiger partial charge >= 0.3 is 0 Å². The molecule has 1 atom stereocenters. The van der Waals surface area contributed by atoms with Crippen LogP contribution in [0.4, 0.5) is 0 Å². The summed E-state index contributed by atoms with van der Waals surface area (Å²) in [6, 6.07) is 54.1. The highest BCUT2D eigenvalue weighted by Crippen LogP contribution is 2.46. The molecule has 1 nitrogen and oxygen atoms in total. The monoisotopic (exact) mass is 549 g/mol. The molecule has 1 unspecified atom stereocenters. The zero-order valence-corrected chi connectivity index (χ0v) is 24.0. The number of rotatable bonds is 3. The standard InChI is InChI=1S/C42H31N/c1-2-12-33(13-3-1)43-39-17-9-8-16-36(39)37-24-18-28(27-40(37)43)26-32-22-21-31-20-19-29-10-4-6-14-34(29)41(31)38-25-23-30-11-5-7-15-35(30)42(32)38/h1-20,23-25,27,32H,21-22,26H2. The van der Waals surface area contributed by atoms with Crippen molar-refractivity contribution in [2.45, 2.75) is 25.2 Å². The lowest BCUT2D eigenvalue weighted by Gasteiger charge is -2.21. The smallest absolute Gasteiger partial charge is 0.0543 e. The van der Waals surface area contributed by atoms with Crippen molar-refractivity contribution < 1.29 is 0 Å². The quantitative estimate of drug-likeness (QED) is 0.207. The Labute approximate surface area is 251 Å². The van der Waals surface area contributed by atoms with Gasteiger partial charge in [-0.25, -0.2) is 0 Å². The van der Waals surface area contributed by atoms with Crippen LogP contribution in [0.5, 0.6) is 0 Å². The minimum atomic E-state index is 0.416. The maximum atomic E-state index is 2.46. The first kappa shape index (κ1) is 24.5. The van der Waals surface area contributed by atoms with Crippen LogP contribution in [-0.2, 0) is 12.8 Å². The van der Waals surface area contributed by atoms with E-state index < -0.39 is 0 Å². The first-order chi connectivity index (χ1) is 21.3. The van der Waals surface area contributed by atoms with Crippen LogP contribution in [0.3, 0.4) is 0 Å². The summed E-state index contributed by atoms with van der Waals surface area (Å²) in [5, 5.41) is 8.03. The fourth-order valence-electron chi connectivity index (χ4n) is 7.76. The second-order valence-electron chi connectivity index (χ2n) is 12.0. The van der Waals surface area contributed by atoms with Crippen molar-refractivity contribution >= 4 is 43.4 Å². The van der Waals surface area contributed by atoms with Crippen molar-refractivity contribution in [3.8, 4) is 16.8 Å². The highest BCUT2D eigenvalue weighted by molar-refractivity contribution is 6.09. The second-order valence-corrected chi connectivity index (χ2v) is 12.0. The van der Waals surface area contributed by atoms with Crippen LogP contribution in [0.2, 0.25) is 0 Å². The fourth-order valence-corrected chi connectivity index (χ4v) is 7.76. The van der Waals surface area contributed by atoms with E-state index in [1.165, 1.54) is 76.9 Å². The van der Waals surface area contributed by atoms with Crippen molar-refractivity contribution in [1.29, 1.82) is 0 Å². The number of fused-ring (bicyclic) bond motifs is 10. The molecule has 1 aliphatic rings. The molecule has 1 aliphatic carbocycles. The highest BCUT2D eigenvalue weighted by Gasteiger charge is 2.26. The highest BCUT2D eigenvalue weighted by atomic mass is 15.0. The molecule has 0 fully saturated rings. The minimum Gasteiger partial charge on any atom is -0.309 e. The Hall–Kier alpha value is -5.14. The molecule has 0 aliphatic heterocycles. The molecule has 43 heavy (non-hydrogen) atoms. The number of hydrogen-bond acceptors (Lipinski definition) is 0. The first-order valence-electron chi connectivity index (χ1n) is 15.4. The summed E-state index contributed by atoms with van der Waals surface area (Å²) >= 11 is 0. The van der Waals surface area contributed by atoms with Crippen molar-refractivity contribution in [2.75, 3.05) is 0 Å². The molecule has 9 rings (SSSR count). The summed E-state index contributed by atoms with van der Waals surface area (Å²) in [7, 11) is 0. The molecule has 0 saturated heterocycles. The third kappa shape index (κ3) is 3.85. The SMILES string of the molecule is c1ccc(-n2c3ccccc3c3ccc(CC4CCc5ccc6ccccc6c5-c5ccc6ccccc6c54)cc32)cc1. The van der Waals surface area contributed by atoms with E-state index in [-0.39, 0.29) is 0 Å². The van der Waals surface area contributed by atoms with Crippen molar-refractivity contribution in [3.05, 3.63) is 162 Å². The Morgan fingerprint density at radius 3 is 2.07 bits per heavy atom. The van der Waals surface area contributed by atoms with Crippen molar-refractivity contribution in [3.63, 3.8) is 0 Å². The van der Waals surface area contributed by atoms with E-state index in [1.54, 1.807) is 0 Å². The van der Waals surface area contributed by atoms with Gasteiger partial charge in [0.1, 0.15) is 0 Å². The Morgan fingerprint density at radius 2 is 1.21 bits per heavy atom. The molecule has 0 bridgehead atoms. The Bertz CT molecular complexity index is 2320. The molecular formula is C42H31N. The van der Waals surface area contributed by atoms with Gasteiger partial charge in [0.05, 0.1) is 11.0 Å². The molecule has 204 valence electrons. The number of aromatic nitrogens is 1. The van der Waals surface area contributed by atoms with E-state index in [9.17, 15) is 0 Å². The van der Waals surface area contributed by atoms with E-state index in [1.807, 2.05) is 0 Å². The van der Waals surface area contributed by atoms with Gasteiger partial charge in [0.25, 0.3) is 0 Å². The van der Waals surface area contributed by atoms with E-state index in [0.717, 1.165) is 19.3 Å². The van der Waals surface area contributed by atoms with E-state index in [2.05, 4.69) is 150 Å². The van der Waals surface area contributed by atoms with E-state index in [0.29, 0.717) is 5.92 Å². The van der Waals surface area contributed by atoms with Crippen LogP contribution in [0.15, 0.2) is 146 Å². The van der Waals surface area contributed by atoms with Gasteiger partial charge in [-0.1, -0.05) is 121 Å². The number of para-hydroxylation sites is 2. The lowest BCUT2D eigenvalue weighted by Crippen LogP contribution is -2.05. The number of hydrogen-bond donors (Lipinski definition) is 0. The van der Waals surface area contributed by atoms with Crippen LogP contribution >= 0.6 is 0 Å². The van der Waals surface area contributed by atoms with Gasteiger partial charge in [-0.05, 0) is 98.8 Å². The van der Waals surface area contributed by atoms with Crippen LogP contribution in [-0.4, -0.2) is 4.57 Å². The predicted octanol–water partition coefficient (Wildman–Crippen LogP) is 11.0. The molecule has 1 aromatic heterocycles. The van der Waals surface area contributed by atoms with Crippen LogP contribution in [0, 0.1) is 0 Å². The zero-order chi connectivity index (χ0) is 28.3. The summed E-state index contributed by atoms with van der Waals surface area (Å²) in [5.74, 6) is 0.416. The van der Waals surface area contributed by atoms with Gasteiger partial charge in [0.2, 0.25) is 0 Å².